The fourth-order valence-corrected chi connectivity index (χ4v) is 2.85. The highest BCUT2D eigenvalue weighted by molar-refractivity contribution is 6.06. The Kier molecular flexibility index (Phi) is 5.93. The van der Waals surface area contributed by atoms with Crippen molar-refractivity contribution >= 4 is 23.2 Å². The Morgan fingerprint density at radius 2 is 1.93 bits per heavy atom. The lowest BCUT2D eigenvalue weighted by Gasteiger charge is -2.13. The number of nitrogens with one attached hydrogen (secondary N) is 2. The van der Waals surface area contributed by atoms with Gasteiger partial charge < -0.3 is 24.8 Å². The molecule has 7 heteroatoms. The van der Waals surface area contributed by atoms with Gasteiger partial charge in [-0.1, -0.05) is 6.07 Å². The second-order valence-electron chi connectivity index (χ2n) is 6.09. The van der Waals surface area contributed by atoms with Gasteiger partial charge in [0.1, 0.15) is 17.6 Å². The number of rotatable bonds is 6. The molecule has 1 heterocycles. The van der Waals surface area contributed by atoms with Gasteiger partial charge >= 0.3 is 0 Å². The minimum Gasteiger partial charge on any atom is -0.497 e. The van der Waals surface area contributed by atoms with Crippen molar-refractivity contribution in [3.05, 3.63) is 48.0 Å². The molecule has 0 saturated carbocycles. The van der Waals surface area contributed by atoms with Crippen molar-refractivity contribution in [1.82, 2.24) is 0 Å². The molecule has 2 aromatic carbocycles. The van der Waals surface area contributed by atoms with Crippen LogP contribution in [0.15, 0.2) is 42.5 Å². The zero-order chi connectivity index (χ0) is 19.2. The minimum absolute atomic E-state index is 0.195. The SMILES string of the molecule is COc1ccc(OC)c(NC(=O)c2cccc(NC(=O)[C@H]3CCCO3)c2)c1. The van der Waals surface area contributed by atoms with Crippen LogP contribution in [-0.4, -0.2) is 38.7 Å². The Bertz CT molecular complexity index is 831. The number of hydrogen-bond acceptors (Lipinski definition) is 5. The predicted molar refractivity (Wildman–Crippen MR) is 102 cm³/mol. The summed E-state index contributed by atoms with van der Waals surface area (Å²) in [6.07, 6.45) is 1.16. The van der Waals surface area contributed by atoms with Crippen molar-refractivity contribution in [2.45, 2.75) is 18.9 Å². The summed E-state index contributed by atoms with van der Waals surface area (Å²) >= 11 is 0. The number of anilines is 2. The van der Waals surface area contributed by atoms with E-state index in [4.69, 9.17) is 14.2 Å². The van der Waals surface area contributed by atoms with Gasteiger partial charge in [-0.25, -0.2) is 0 Å². The van der Waals surface area contributed by atoms with E-state index in [1.807, 2.05) is 0 Å². The molecule has 2 N–H and O–H groups in total. The molecule has 27 heavy (non-hydrogen) atoms. The van der Waals surface area contributed by atoms with E-state index in [0.717, 1.165) is 6.42 Å². The van der Waals surface area contributed by atoms with E-state index in [-0.39, 0.29) is 11.8 Å². The maximum atomic E-state index is 12.6. The molecule has 0 bridgehead atoms. The summed E-state index contributed by atoms with van der Waals surface area (Å²) in [5.41, 5.74) is 1.45. The average molecular weight is 370 g/mol. The van der Waals surface area contributed by atoms with Gasteiger partial charge in [0, 0.05) is 23.9 Å². The first-order valence-electron chi connectivity index (χ1n) is 8.66. The fourth-order valence-electron chi connectivity index (χ4n) is 2.85. The number of amides is 2. The van der Waals surface area contributed by atoms with Crippen LogP contribution in [0, 0.1) is 0 Å². The van der Waals surface area contributed by atoms with Crippen LogP contribution in [0.1, 0.15) is 23.2 Å². The van der Waals surface area contributed by atoms with Crippen LogP contribution in [0.5, 0.6) is 11.5 Å². The zero-order valence-corrected chi connectivity index (χ0v) is 15.3. The smallest absolute Gasteiger partial charge is 0.255 e. The lowest BCUT2D eigenvalue weighted by atomic mass is 10.1. The van der Waals surface area contributed by atoms with Crippen LogP contribution in [-0.2, 0) is 9.53 Å². The standard InChI is InChI=1S/C20H22N2O5/c1-25-15-8-9-17(26-2)16(12-15)22-19(23)13-5-3-6-14(11-13)21-20(24)18-7-4-10-27-18/h3,5-6,8-9,11-12,18H,4,7,10H2,1-2H3,(H,21,24)(H,22,23)/t18-/m1/s1. The second kappa shape index (κ2) is 8.55. The molecule has 0 radical (unpaired) electrons. The molecular formula is C20H22N2O5. The van der Waals surface area contributed by atoms with Crippen molar-refractivity contribution in [2.24, 2.45) is 0 Å². The first kappa shape index (κ1) is 18.7. The highest BCUT2D eigenvalue weighted by atomic mass is 16.5. The van der Waals surface area contributed by atoms with Crippen molar-refractivity contribution in [3.63, 3.8) is 0 Å². The van der Waals surface area contributed by atoms with Gasteiger partial charge in [0.15, 0.2) is 0 Å². The molecule has 3 rings (SSSR count). The molecule has 142 valence electrons. The Hall–Kier alpha value is -3.06. The Morgan fingerprint density at radius 1 is 1.07 bits per heavy atom. The van der Waals surface area contributed by atoms with Crippen LogP contribution in [0.2, 0.25) is 0 Å². The van der Waals surface area contributed by atoms with E-state index < -0.39 is 6.10 Å². The molecule has 1 aliphatic heterocycles. The summed E-state index contributed by atoms with van der Waals surface area (Å²) in [5.74, 6) is 0.602. The van der Waals surface area contributed by atoms with Gasteiger partial charge in [-0.2, -0.15) is 0 Å². The maximum absolute atomic E-state index is 12.6. The Balaban J connectivity index is 1.73. The topological polar surface area (TPSA) is 85.9 Å². The third kappa shape index (κ3) is 4.57. The minimum atomic E-state index is -0.427. The molecule has 2 amide bonds. The number of hydrogen-bond donors (Lipinski definition) is 2. The monoisotopic (exact) mass is 370 g/mol. The van der Waals surface area contributed by atoms with Gasteiger partial charge in [-0.05, 0) is 43.2 Å². The quantitative estimate of drug-likeness (QED) is 0.816. The molecular weight excluding hydrogens is 348 g/mol. The molecule has 0 aromatic heterocycles. The second-order valence-corrected chi connectivity index (χ2v) is 6.09. The zero-order valence-electron chi connectivity index (χ0n) is 15.3. The number of carbonyl (C=O) groups is 2. The molecule has 1 aliphatic rings. The predicted octanol–water partition coefficient (Wildman–Crippen LogP) is 3.07. The number of ether oxygens (including phenoxy) is 3. The molecule has 7 nitrogen and oxygen atoms in total. The molecule has 1 atom stereocenters. The molecule has 1 fully saturated rings. The van der Waals surface area contributed by atoms with E-state index in [9.17, 15) is 9.59 Å². The van der Waals surface area contributed by atoms with E-state index in [1.54, 1.807) is 49.6 Å². The van der Waals surface area contributed by atoms with Gasteiger partial charge in [-0.3, -0.25) is 9.59 Å². The average Bonchev–Trinajstić information content (AvgIpc) is 3.23. The molecule has 0 unspecified atom stereocenters. The number of methoxy groups -OCH3 is 2. The summed E-state index contributed by atoms with van der Waals surface area (Å²) < 4.78 is 15.8. The summed E-state index contributed by atoms with van der Waals surface area (Å²) in [5, 5.41) is 5.60. The van der Waals surface area contributed by atoms with Gasteiger partial charge in [0.05, 0.1) is 19.9 Å². The third-order valence-electron chi connectivity index (χ3n) is 4.27. The number of benzene rings is 2. The molecule has 0 spiro atoms. The highest BCUT2D eigenvalue weighted by Crippen LogP contribution is 2.29. The van der Waals surface area contributed by atoms with Gasteiger partial charge in [-0.15, -0.1) is 0 Å². The van der Waals surface area contributed by atoms with Crippen LogP contribution in [0.4, 0.5) is 11.4 Å². The van der Waals surface area contributed by atoms with Crippen molar-refractivity contribution in [3.8, 4) is 11.5 Å². The van der Waals surface area contributed by atoms with Crippen molar-refractivity contribution in [2.75, 3.05) is 31.5 Å². The van der Waals surface area contributed by atoms with E-state index >= 15 is 0 Å². The van der Waals surface area contributed by atoms with Crippen LogP contribution < -0.4 is 20.1 Å². The van der Waals surface area contributed by atoms with Gasteiger partial charge in [0.25, 0.3) is 11.8 Å². The van der Waals surface area contributed by atoms with E-state index in [1.165, 1.54) is 7.11 Å². The lowest BCUT2D eigenvalue weighted by Crippen LogP contribution is -2.27. The molecule has 2 aromatic rings. The number of carbonyl (C=O) groups excluding carboxylic acids is 2. The summed E-state index contributed by atoms with van der Waals surface area (Å²) in [7, 11) is 3.08. The first-order chi connectivity index (χ1) is 13.1. The van der Waals surface area contributed by atoms with Crippen molar-refractivity contribution in [1.29, 1.82) is 0 Å². The van der Waals surface area contributed by atoms with E-state index in [2.05, 4.69) is 10.6 Å². The van der Waals surface area contributed by atoms with E-state index in [0.29, 0.717) is 41.5 Å². The molecule has 0 aliphatic carbocycles. The fraction of sp³-hybridized carbons (Fsp3) is 0.300. The Morgan fingerprint density at radius 3 is 2.63 bits per heavy atom. The molecule has 1 saturated heterocycles. The highest BCUT2D eigenvalue weighted by Gasteiger charge is 2.23. The summed E-state index contributed by atoms with van der Waals surface area (Å²) in [6.45, 7) is 0.600. The summed E-state index contributed by atoms with van der Waals surface area (Å²) in [4.78, 5) is 24.8. The van der Waals surface area contributed by atoms with Crippen molar-refractivity contribution < 1.29 is 23.8 Å². The van der Waals surface area contributed by atoms with Crippen LogP contribution in [0.25, 0.3) is 0 Å². The lowest BCUT2D eigenvalue weighted by molar-refractivity contribution is -0.124. The van der Waals surface area contributed by atoms with Crippen LogP contribution in [0.3, 0.4) is 0 Å². The third-order valence-corrected chi connectivity index (χ3v) is 4.27. The normalized spacial score (nSPS) is 15.9. The van der Waals surface area contributed by atoms with Crippen LogP contribution >= 0.6 is 0 Å². The van der Waals surface area contributed by atoms with Gasteiger partial charge in [0.2, 0.25) is 0 Å². The maximum Gasteiger partial charge on any atom is 0.255 e. The first-order valence-corrected chi connectivity index (χ1v) is 8.66. The summed E-state index contributed by atoms with van der Waals surface area (Å²) in [6, 6.07) is 11.9. The Labute approximate surface area is 157 Å². The largest absolute Gasteiger partial charge is 0.497 e.